The number of likely N-dealkylation sites (tertiary alicyclic amines) is 1. The number of hydrogen-bond acceptors (Lipinski definition) is 3. The first-order chi connectivity index (χ1) is 14.6. The number of carbonyl (C=O) groups is 1. The Morgan fingerprint density at radius 2 is 1.70 bits per heavy atom. The van der Waals surface area contributed by atoms with E-state index in [1.54, 1.807) is 7.11 Å². The molecular formula is C25H30N2O3. The topological polar surface area (TPSA) is 51.5 Å². The fourth-order valence-corrected chi connectivity index (χ4v) is 5.77. The number of fused-ring (bicyclic) bond motifs is 4. The first kappa shape index (κ1) is 19.4. The van der Waals surface area contributed by atoms with Crippen LogP contribution in [0.1, 0.15) is 72.0 Å². The van der Waals surface area contributed by atoms with Crippen LogP contribution in [0.15, 0.2) is 41.2 Å². The number of amides is 1. The lowest BCUT2D eigenvalue weighted by molar-refractivity contribution is 0.0594. The summed E-state index contributed by atoms with van der Waals surface area (Å²) in [6.07, 6.45) is 7.12. The van der Waals surface area contributed by atoms with Gasteiger partial charge in [-0.15, -0.1) is 0 Å². The van der Waals surface area contributed by atoms with Crippen LogP contribution in [0, 0.1) is 5.92 Å². The summed E-state index contributed by atoms with van der Waals surface area (Å²) in [7, 11) is 1.63. The number of carbonyl (C=O) groups excluding carboxylic acids is 1. The largest absolute Gasteiger partial charge is 0.497 e. The average Bonchev–Trinajstić information content (AvgIpc) is 2.80. The number of rotatable bonds is 3. The molecule has 30 heavy (non-hydrogen) atoms. The molecular weight excluding hydrogens is 376 g/mol. The van der Waals surface area contributed by atoms with Gasteiger partial charge < -0.3 is 14.2 Å². The third-order valence-electron chi connectivity index (χ3n) is 7.30. The van der Waals surface area contributed by atoms with Gasteiger partial charge in [0.1, 0.15) is 5.75 Å². The maximum absolute atomic E-state index is 13.3. The highest BCUT2D eigenvalue weighted by molar-refractivity contribution is 5.94. The van der Waals surface area contributed by atoms with Crippen molar-refractivity contribution in [2.45, 2.75) is 56.9 Å². The van der Waals surface area contributed by atoms with Crippen LogP contribution in [-0.4, -0.2) is 35.6 Å². The van der Waals surface area contributed by atoms with Crippen molar-refractivity contribution in [1.29, 1.82) is 0 Å². The molecule has 2 atom stereocenters. The molecule has 2 aliphatic heterocycles. The van der Waals surface area contributed by atoms with Crippen molar-refractivity contribution in [3.05, 3.63) is 63.6 Å². The van der Waals surface area contributed by atoms with E-state index in [1.165, 1.54) is 19.3 Å². The van der Waals surface area contributed by atoms with Crippen LogP contribution in [0.4, 0.5) is 0 Å². The number of hydrogen-bond donors (Lipinski definition) is 0. The van der Waals surface area contributed by atoms with Gasteiger partial charge in [0.15, 0.2) is 0 Å². The molecule has 2 fully saturated rings. The van der Waals surface area contributed by atoms with Crippen LogP contribution in [0.3, 0.4) is 0 Å². The summed E-state index contributed by atoms with van der Waals surface area (Å²) >= 11 is 0. The number of methoxy groups -OCH3 is 1. The Bertz CT molecular complexity index is 988. The highest BCUT2D eigenvalue weighted by atomic mass is 16.5. The van der Waals surface area contributed by atoms with Crippen LogP contribution in [0.2, 0.25) is 0 Å². The highest BCUT2D eigenvalue weighted by Gasteiger charge is 2.37. The van der Waals surface area contributed by atoms with E-state index in [0.29, 0.717) is 23.9 Å². The minimum atomic E-state index is 0.0713. The third kappa shape index (κ3) is 3.44. The molecule has 1 aliphatic carbocycles. The summed E-state index contributed by atoms with van der Waals surface area (Å²) in [5, 5.41) is 0. The Hall–Kier alpha value is -2.56. The lowest BCUT2D eigenvalue weighted by Gasteiger charge is -2.43. The van der Waals surface area contributed by atoms with Crippen molar-refractivity contribution >= 4 is 5.91 Å². The van der Waals surface area contributed by atoms with Crippen molar-refractivity contribution in [3.63, 3.8) is 0 Å². The number of pyridine rings is 1. The predicted octanol–water partition coefficient (Wildman–Crippen LogP) is 4.16. The fraction of sp³-hybridized carbons (Fsp3) is 0.520. The molecule has 2 aromatic rings. The van der Waals surface area contributed by atoms with E-state index >= 15 is 0 Å². The van der Waals surface area contributed by atoms with E-state index in [4.69, 9.17) is 4.74 Å². The quantitative estimate of drug-likeness (QED) is 0.769. The van der Waals surface area contributed by atoms with Crippen molar-refractivity contribution in [1.82, 2.24) is 9.47 Å². The minimum absolute atomic E-state index is 0.0713. The van der Waals surface area contributed by atoms with E-state index in [2.05, 4.69) is 12.1 Å². The van der Waals surface area contributed by atoms with Crippen LogP contribution in [0.25, 0.3) is 0 Å². The molecule has 1 amide bonds. The summed E-state index contributed by atoms with van der Waals surface area (Å²) in [5.74, 6) is 1.84. The van der Waals surface area contributed by atoms with E-state index in [0.717, 1.165) is 49.4 Å². The Balaban J connectivity index is 1.38. The molecule has 3 heterocycles. The molecule has 1 aromatic carbocycles. The number of ether oxygens (including phenoxy) is 1. The normalized spacial score (nSPS) is 23.7. The average molecular weight is 407 g/mol. The molecule has 5 rings (SSSR count). The van der Waals surface area contributed by atoms with Crippen LogP contribution >= 0.6 is 0 Å². The molecule has 2 bridgehead atoms. The lowest BCUT2D eigenvalue weighted by atomic mass is 9.81. The Morgan fingerprint density at radius 1 is 0.933 bits per heavy atom. The second-order valence-electron chi connectivity index (χ2n) is 9.20. The van der Waals surface area contributed by atoms with Crippen molar-refractivity contribution in [2.24, 2.45) is 5.92 Å². The van der Waals surface area contributed by atoms with Gasteiger partial charge in [0, 0.05) is 42.4 Å². The molecule has 0 spiro atoms. The van der Waals surface area contributed by atoms with Gasteiger partial charge >= 0.3 is 0 Å². The summed E-state index contributed by atoms with van der Waals surface area (Å²) in [6.45, 7) is 2.14. The predicted molar refractivity (Wildman–Crippen MR) is 116 cm³/mol. The molecule has 2 unspecified atom stereocenters. The van der Waals surface area contributed by atoms with Gasteiger partial charge in [0.25, 0.3) is 11.5 Å². The minimum Gasteiger partial charge on any atom is -0.497 e. The maximum atomic E-state index is 13.3. The molecule has 158 valence electrons. The van der Waals surface area contributed by atoms with Crippen molar-refractivity contribution in [2.75, 3.05) is 20.2 Å². The van der Waals surface area contributed by atoms with E-state index in [1.807, 2.05) is 33.7 Å². The van der Waals surface area contributed by atoms with Crippen LogP contribution < -0.4 is 10.3 Å². The molecule has 1 saturated heterocycles. The SMILES string of the molecule is COc1ccc(C(=O)N2CC3CC(C2)c2ccc(C4CCCCC4)c(=O)n2C3)cc1. The van der Waals surface area contributed by atoms with Gasteiger partial charge in [-0.1, -0.05) is 25.3 Å². The first-order valence-corrected chi connectivity index (χ1v) is 11.3. The molecule has 1 saturated carbocycles. The smallest absolute Gasteiger partial charge is 0.254 e. The lowest BCUT2D eigenvalue weighted by Crippen LogP contribution is -2.49. The molecule has 0 radical (unpaired) electrons. The summed E-state index contributed by atoms with van der Waals surface area (Å²) in [4.78, 5) is 28.4. The molecule has 5 nitrogen and oxygen atoms in total. The zero-order valence-electron chi connectivity index (χ0n) is 17.7. The number of aromatic nitrogens is 1. The van der Waals surface area contributed by atoms with Gasteiger partial charge in [-0.3, -0.25) is 9.59 Å². The highest BCUT2D eigenvalue weighted by Crippen LogP contribution is 2.37. The number of piperidine rings is 1. The maximum Gasteiger partial charge on any atom is 0.254 e. The van der Waals surface area contributed by atoms with Gasteiger partial charge in [-0.25, -0.2) is 0 Å². The molecule has 3 aliphatic rings. The number of benzene rings is 1. The van der Waals surface area contributed by atoms with Crippen molar-refractivity contribution < 1.29 is 9.53 Å². The summed E-state index contributed by atoms with van der Waals surface area (Å²) in [6, 6.07) is 11.6. The zero-order chi connectivity index (χ0) is 20.7. The second kappa shape index (κ2) is 7.93. The zero-order valence-corrected chi connectivity index (χ0v) is 17.7. The molecule has 1 aromatic heterocycles. The Labute approximate surface area is 177 Å². The van der Waals surface area contributed by atoms with Gasteiger partial charge in [0.05, 0.1) is 7.11 Å². The summed E-state index contributed by atoms with van der Waals surface area (Å²) in [5.41, 5.74) is 3.05. The summed E-state index contributed by atoms with van der Waals surface area (Å²) < 4.78 is 7.24. The molecule has 0 N–H and O–H groups in total. The van der Waals surface area contributed by atoms with Gasteiger partial charge in [0.2, 0.25) is 0 Å². The van der Waals surface area contributed by atoms with Crippen LogP contribution in [-0.2, 0) is 6.54 Å². The second-order valence-corrected chi connectivity index (χ2v) is 9.20. The van der Waals surface area contributed by atoms with Gasteiger partial charge in [-0.05, 0) is 61.4 Å². The Kier molecular flexibility index (Phi) is 5.13. The molecule has 5 heteroatoms. The van der Waals surface area contributed by atoms with E-state index in [9.17, 15) is 9.59 Å². The van der Waals surface area contributed by atoms with Crippen LogP contribution in [0.5, 0.6) is 5.75 Å². The first-order valence-electron chi connectivity index (χ1n) is 11.3. The fourth-order valence-electron chi connectivity index (χ4n) is 5.77. The standard InChI is InChI=1S/C25H30N2O3/c1-30-21-9-7-19(8-10-21)24(28)26-14-17-13-20(16-26)23-12-11-22(25(29)27(23)15-17)18-5-3-2-4-6-18/h7-12,17-18,20H,2-6,13-16H2,1H3. The van der Waals surface area contributed by atoms with Crippen molar-refractivity contribution in [3.8, 4) is 5.75 Å². The Morgan fingerprint density at radius 3 is 2.43 bits per heavy atom. The van der Waals surface area contributed by atoms with E-state index in [-0.39, 0.29) is 17.4 Å². The number of nitrogens with zero attached hydrogens (tertiary/aromatic N) is 2. The third-order valence-corrected chi connectivity index (χ3v) is 7.30. The van der Waals surface area contributed by atoms with Gasteiger partial charge in [-0.2, -0.15) is 0 Å². The monoisotopic (exact) mass is 406 g/mol. The van der Waals surface area contributed by atoms with E-state index < -0.39 is 0 Å².